The van der Waals surface area contributed by atoms with Crippen LogP contribution in [-0.2, 0) is 21.2 Å². The Kier molecular flexibility index (Phi) is 5.57. The molecule has 1 aliphatic rings. The van der Waals surface area contributed by atoms with E-state index in [9.17, 15) is 13.2 Å². The van der Waals surface area contributed by atoms with E-state index in [-0.39, 0.29) is 12.3 Å². The zero-order chi connectivity index (χ0) is 18.0. The summed E-state index contributed by atoms with van der Waals surface area (Å²) in [5, 5.41) is 3.36. The molecule has 1 aliphatic heterocycles. The Hall–Kier alpha value is -1.29. The molecule has 1 fully saturated rings. The van der Waals surface area contributed by atoms with Gasteiger partial charge in [-0.3, -0.25) is 4.79 Å². The molecule has 1 N–H and O–H groups in total. The summed E-state index contributed by atoms with van der Waals surface area (Å²) in [6, 6.07) is 3.33. The van der Waals surface area contributed by atoms with E-state index in [2.05, 4.69) is 10.3 Å². The number of aromatic nitrogens is 1. The fraction of sp³-hybridized carbons (Fsp3) is 0.500. The zero-order valence-corrected chi connectivity index (χ0v) is 16.7. The number of rotatable bonds is 5. The number of amides is 1. The van der Waals surface area contributed by atoms with Crippen molar-refractivity contribution in [1.82, 2.24) is 9.29 Å². The molecule has 0 saturated carbocycles. The topological polar surface area (TPSA) is 79.4 Å². The summed E-state index contributed by atoms with van der Waals surface area (Å²) in [5.74, 6) is -0.183. The molecule has 9 heteroatoms. The van der Waals surface area contributed by atoms with Crippen LogP contribution in [-0.4, -0.2) is 36.7 Å². The van der Waals surface area contributed by atoms with Crippen LogP contribution < -0.4 is 5.32 Å². The smallest absolute Gasteiger partial charge is 0.252 e. The molecule has 2 aromatic heterocycles. The molecule has 1 amide bonds. The van der Waals surface area contributed by atoms with Crippen LogP contribution >= 0.6 is 22.7 Å². The fourth-order valence-electron chi connectivity index (χ4n) is 2.67. The van der Waals surface area contributed by atoms with Crippen LogP contribution in [0.4, 0.5) is 5.13 Å². The van der Waals surface area contributed by atoms with Gasteiger partial charge in [0, 0.05) is 22.8 Å². The number of carbonyl (C=O) groups excluding carboxylic acids is 1. The predicted molar refractivity (Wildman–Crippen MR) is 101 cm³/mol. The van der Waals surface area contributed by atoms with E-state index in [0.717, 1.165) is 34.7 Å². The molecule has 0 unspecified atom stereocenters. The first-order chi connectivity index (χ1) is 11.9. The van der Waals surface area contributed by atoms with Crippen molar-refractivity contribution in [2.24, 2.45) is 0 Å². The van der Waals surface area contributed by atoms with Gasteiger partial charge in [-0.15, -0.1) is 22.7 Å². The van der Waals surface area contributed by atoms with Gasteiger partial charge in [-0.25, -0.2) is 13.4 Å². The molecule has 0 aliphatic carbocycles. The first-order valence-electron chi connectivity index (χ1n) is 8.19. The minimum Gasteiger partial charge on any atom is -0.302 e. The minimum atomic E-state index is -3.43. The number of carbonyl (C=O) groups is 1. The normalized spacial score (nSPS) is 16.1. The molecule has 25 heavy (non-hydrogen) atoms. The van der Waals surface area contributed by atoms with Gasteiger partial charge in [0.15, 0.2) is 5.13 Å². The van der Waals surface area contributed by atoms with E-state index in [1.165, 1.54) is 22.7 Å². The molecule has 0 bridgehead atoms. The van der Waals surface area contributed by atoms with Crippen molar-refractivity contribution < 1.29 is 13.2 Å². The van der Waals surface area contributed by atoms with Gasteiger partial charge in [-0.1, -0.05) is 6.42 Å². The predicted octanol–water partition coefficient (Wildman–Crippen LogP) is 3.18. The summed E-state index contributed by atoms with van der Waals surface area (Å²) in [6.45, 7) is 5.02. The van der Waals surface area contributed by atoms with Crippen molar-refractivity contribution in [2.45, 2.75) is 43.7 Å². The fourth-order valence-corrected chi connectivity index (χ4v) is 6.53. The van der Waals surface area contributed by atoms with Crippen LogP contribution in [0.15, 0.2) is 16.3 Å². The van der Waals surface area contributed by atoms with Crippen LogP contribution in [0.3, 0.4) is 0 Å². The quantitative estimate of drug-likeness (QED) is 0.837. The molecular weight excluding hydrogens is 378 g/mol. The molecule has 0 atom stereocenters. The number of anilines is 1. The Bertz CT molecular complexity index is 845. The van der Waals surface area contributed by atoms with E-state index < -0.39 is 10.0 Å². The number of thiazole rings is 1. The summed E-state index contributed by atoms with van der Waals surface area (Å²) in [7, 11) is -3.43. The largest absolute Gasteiger partial charge is 0.302 e. The van der Waals surface area contributed by atoms with Crippen molar-refractivity contribution >= 4 is 43.7 Å². The SMILES string of the molecule is Cc1nc(NC(=O)Cc2ccc(S(=O)(=O)N3CCCCC3)s2)sc1C. The monoisotopic (exact) mass is 399 g/mol. The van der Waals surface area contributed by atoms with Crippen molar-refractivity contribution in [3.05, 3.63) is 27.6 Å². The van der Waals surface area contributed by atoms with Gasteiger partial charge >= 0.3 is 0 Å². The highest BCUT2D eigenvalue weighted by atomic mass is 32.2. The molecule has 3 rings (SSSR count). The van der Waals surface area contributed by atoms with Gasteiger partial charge in [0.05, 0.1) is 12.1 Å². The van der Waals surface area contributed by atoms with Crippen LogP contribution in [0.5, 0.6) is 0 Å². The molecule has 0 radical (unpaired) electrons. The van der Waals surface area contributed by atoms with Gasteiger partial charge in [-0.05, 0) is 38.8 Å². The number of nitrogens with one attached hydrogen (secondary N) is 1. The van der Waals surface area contributed by atoms with Crippen molar-refractivity contribution in [3.8, 4) is 0 Å². The summed E-state index contributed by atoms with van der Waals surface area (Å²) in [5.41, 5.74) is 0.909. The maximum absolute atomic E-state index is 12.6. The average Bonchev–Trinajstić information content (AvgIpc) is 3.15. The zero-order valence-electron chi connectivity index (χ0n) is 14.2. The van der Waals surface area contributed by atoms with Crippen molar-refractivity contribution in [2.75, 3.05) is 18.4 Å². The van der Waals surface area contributed by atoms with Crippen molar-refractivity contribution in [3.63, 3.8) is 0 Å². The van der Waals surface area contributed by atoms with Crippen molar-refractivity contribution in [1.29, 1.82) is 0 Å². The summed E-state index contributed by atoms with van der Waals surface area (Å²) < 4.78 is 27.2. The first kappa shape index (κ1) is 18.5. The molecule has 0 spiro atoms. The number of thiophene rings is 1. The number of sulfonamides is 1. The Morgan fingerprint density at radius 1 is 1.20 bits per heavy atom. The second-order valence-electron chi connectivity index (χ2n) is 6.07. The lowest BCUT2D eigenvalue weighted by molar-refractivity contribution is -0.115. The van der Waals surface area contributed by atoms with E-state index >= 15 is 0 Å². The van der Waals surface area contributed by atoms with Gasteiger partial charge < -0.3 is 5.32 Å². The molecule has 2 aromatic rings. The highest BCUT2D eigenvalue weighted by Gasteiger charge is 2.27. The number of aryl methyl sites for hydroxylation is 2. The summed E-state index contributed by atoms with van der Waals surface area (Å²) >= 11 is 2.61. The number of nitrogens with zero attached hydrogens (tertiary/aromatic N) is 2. The molecule has 1 saturated heterocycles. The molecule has 6 nitrogen and oxygen atoms in total. The van der Waals surface area contributed by atoms with Crippen LogP contribution in [0, 0.1) is 13.8 Å². The Morgan fingerprint density at radius 3 is 2.56 bits per heavy atom. The summed E-state index contributed by atoms with van der Waals surface area (Å²) in [4.78, 5) is 18.3. The Balaban J connectivity index is 1.65. The van der Waals surface area contributed by atoms with E-state index in [4.69, 9.17) is 0 Å². The first-order valence-corrected chi connectivity index (χ1v) is 11.3. The van der Waals surface area contributed by atoms with E-state index in [1.807, 2.05) is 13.8 Å². The average molecular weight is 400 g/mol. The lowest BCUT2D eigenvalue weighted by atomic mass is 10.2. The second-order valence-corrected chi connectivity index (χ2v) is 10.6. The lowest BCUT2D eigenvalue weighted by Crippen LogP contribution is -2.35. The Morgan fingerprint density at radius 2 is 1.92 bits per heavy atom. The van der Waals surface area contributed by atoms with E-state index in [1.54, 1.807) is 16.4 Å². The maximum atomic E-state index is 12.6. The summed E-state index contributed by atoms with van der Waals surface area (Å²) in [6.07, 6.45) is 3.05. The highest BCUT2D eigenvalue weighted by molar-refractivity contribution is 7.91. The van der Waals surface area contributed by atoms with Crippen LogP contribution in [0.25, 0.3) is 0 Å². The molecular formula is C16H21N3O3S3. The molecule has 0 aromatic carbocycles. The van der Waals surface area contributed by atoms with Gasteiger partial charge in [-0.2, -0.15) is 4.31 Å². The Labute approximate surface area is 155 Å². The third-order valence-electron chi connectivity index (χ3n) is 4.16. The minimum absolute atomic E-state index is 0.151. The third kappa shape index (κ3) is 4.28. The number of hydrogen-bond acceptors (Lipinski definition) is 6. The van der Waals surface area contributed by atoms with Crippen LogP contribution in [0.1, 0.15) is 34.7 Å². The van der Waals surface area contributed by atoms with Gasteiger partial charge in [0.25, 0.3) is 10.0 Å². The van der Waals surface area contributed by atoms with Gasteiger partial charge in [0.1, 0.15) is 4.21 Å². The van der Waals surface area contributed by atoms with Gasteiger partial charge in [0.2, 0.25) is 5.91 Å². The second kappa shape index (κ2) is 7.53. The lowest BCUT2D eigenvalue weighted by Gasteiger charge is -2.25. The maximum Gasteiger partial charge on any atom is 0.252 e. The highest BCUT2D eigenvalue weighted by Crippen LogP contribution is 2.28. The molecule has 136 valence electrons. The third-order valence-corrected chi connectivity index (χ3v) is 8.60. The standard InChI is InChI=1S/C16H21N3O3S3/c1-11-12(2)23-16(17-11)18-14(20)10-13-6-7-15(24-13)25(21,22)19-8-4-3-5-9-19/h6-7H,3-5,8-10H2,1-2H3,(H,17,18,20). The number of piperidine rings is 1. The van der Waals surface area contributed by atoms with E-state index in [0.29, 0.717) is 22.4 Å². The number of hydrogen-bond donors (Lipinski definition) is 1. The van der Waals surface area contributed by atoms with Crippen LogP contribution in [0.2, 0.25) is 0 Å². The molecule has 3 heterocycles.